The number of rotatable bonds is 9. The molecule has 0 radical (unpaired) electrons. The molecule has 0 saturated heterocycles. The second kappa shape index (κ2) is 10.2. The van der Waals surface area contributed by atoms with Gasteiger partial charge >= 0.3 is 6.01 Å². The molecule has 2 saturated carbocycles. The number of pyridine rings is 1. The summed E-state index contributed by atoms with van der Waals surface area (Å²) in [6, 6.07) is 4.20. The van der Waals surface area contributed by atoms with Crippen LogP contribution in [0.4, 0.5) is 6.01 Å². The molecular formula is C23H35N7O2. The topological polar surface area (TPSA) is 128 Å². The molecule has 0 aliphatic heterocycles. The van der Waals surface area contributed by atoms with Crippen molar-refractivity contribution in [1.82, 2.24) is 20.1 Å². The van der Waals surface area contributed by atoms with Gasteiger partial charge in [-0.05, 0) is 50.7 Å². The Hall–Kier alpha value is -2.81. The van der Waals surface area contributed by atoms with Gasteiger partial charge in [0.15, 0.2) is 5.82 Å². The van der Waals surface area contributed by atoms with Crippen LogP contribution < -0.4 is 21.6 Å². The number of nitrogens with two attached hydrogens (primary N) is 2. The van der Waals surface area contributed by atoms with Crippen LogP contribution in [0.15, 0.2) is 22.4 Å². The number of likely N-dealkylation sites (N-methyl/N-ethyl adjacent to an activating group) is 1. The van der Waals surface area contributed by atoms with Crippen molar-refractivity contribution in [2.75, 3.05) is 18.9 Å². The quantitative estimate of drug-likeness (QED) is 0.396. The van der Waals surface area contributed by atoms with Crippen molar-refractivity contribution in [1.29, 1.82) is 0 Å². The number of nitrogens with one attached hydrogen (secondary N) is 1. The molecule has 2 aliphatic rings. The lowest BCUT2D eigenvalue weighted by Gasteiger charge is -2.24. The third-order valence-electron chi connectivity index (χ3n) is 6.47. The van der Waals surface area contributed by atoms with Crippen molar-refractivity contribution in [3.63, 3.8) is 0 Å². The zero-order valence-corrected chi connectivity index (χ0v) is 19.1. The standard InChI is InChI=1S/C23H35N7O2/c1-15-20(31-17-9-4-3-5-10-17)12-11-18(27-15)22(24)19(30(2)25)14-26-23-28-21(29-32-23)13-16-7-6-8-16/h11-12,16-17H,3-10,13-14,24-25H2,1-2H3,(H,26,28,29)/b22-19-. The smallest absolute Gasteiger partial charge is 0.321 e. The number of ether oxygens (including phenoxy) is 1. The van der Waals surface area contributed by atoms with E-state index in [0.717, 1.165) is 36.5 Å². The van der Waals surface area contributed by atoms with E-state index in [1.807, 2.05) is 19.1 Å². The van der Waals surface area contributed by atoms with Crippen molar-refractivity contribution < 1.29 is 9.26 Å². The van der Waals surface area contributed by atoms with E-state index in [1.54, 1.807) is 7.05 Å². The molecule has 5 N–H and O–H groups in total. The number of aryl methyl sites for hydroxylation is 1. The number of hydrogen-bond donors (Lipinski definition) is 3. The average molecular weight is 442 g/mol. The molecule has 0 unspecified atom stereocenters. The summed E-state index contributed by atoms with van der Waals surface area (Å²) in [5, 5.41) is 8.68. The Balaban J connectivity index is 1.42. The highest BCUT2D eigenvalue weighted by molar-refractivity contribution is 5.64. The molecule has 2 heterocycles. The van der Waals surface area contributed by atoms with E-state index in [0.29, 0.717) is 35.6 Å². The van der Waals surface area contributed by atoms with Gasteiger partial charge in [0.25, 0.3) is 0 Å². The van der Waals surface area contributed by atoms with Gasteiger partial charge in [-0.25, -0.2) is 10.8 Å². The normalized spacial score (nSPS) is 18.1. The van der Waals surface area contributed by atoms with E-state index in [1.165, 1.54) is 43.5 Å². The lowest BCUT2D eigenvalue weighted by atomic mass is 9.83. The van der Waals surface area contributed by atoms with Crippen LogP contribution in [0, 0.1) is 12.8 Å². The van der Waals surface area contributed by atoms with Crippen LogP contribution in [0.2, 0.25) is 0 Å². The maximum absolute atomic E-state index is 6.45. The first-order chi connectivity index (χ1) is 15.5. The molecule has 174 valence electrons. The molecule has 0 bridgehead atoms. The highest BCUT2D eigenvalue weighted by Crippen LogP contribution is 2.29. The number of aromatic nitrogens is 3. The second-order valence-corrected chi connectivity index (χ2v) is 9.00. The summed E-state index contributed by atoms with van der Waals surface area (Å²) in [6.45, 7) is 2.28. The minimum Gasteiger partial charge on any atom is -0.489 e. The van der Waals surface area contributed by atoms with Crippen LogP contribution in [0.3, 0.4) is 0 Å². The zero-order valence-electron chi connectivity index (χ0n) is 19.1. The third kappa shape index (κ3) is 5.51. The fourth-order valence-electron chi connectivity index (χ4n) is 4.27. The van der Waals surface area contributed by atoms with Gasteiger partial charge in [0.1, 0.15) is 5.75 Å². The Morgan fingerprint density at radius 1 is 1.16 bits per heavy atom. The largest absolute Gasteiger partial charge is 0.489 e. The van der Waals surface area contributed by atoms with Gasteiger partial charge in [0.2, 0.25) is 0 Å². The Morgan fingerprint density at radius 3 is 2.59 bits per heavy atom. The van der Waals surface area contributed by atoms with Crippen LogP contribution in [-0.2, 0) is 6.42 Å². The second-order valence-electron chi connectivity index (χ2n) is 9.00. The van der Waals surface area contributed by atoms with E-state index in [-0.39, 0.29) is 6.10 Å². The fraction of sp³-hybridized carbons (Fsp3) is 0.609. The van der Waals surface area contributed by atoms with Gasteiger partial charge in [-0.3, -0.25) is 0 Å². The van der Waals surface area contributed by atoms with Crippen molar-refractivity contribution in [2.45, 2.75) is 70.8 Å². The Bertz CT molecular complexity index is 930. The summed E-state index contributed by atoms with van der Waals surface area (Å²) in [5.74, 6) is 8.30. The molecule has 0 spiro atoms. The van der Waals surface area contributed by atoms with Crippen LogP contribution in [0.25, 0.3) is 5.70 Å². The SMILES string of the molecule is Cc1nc(/C(N)=C(\CNc2nc(CC3CCC3)no2)N(C)N)ccc1OC1CCCCC1. The molecule has 0 atom stereocenters. The Labute approximate surface area is 189 Å². The highest BCUT2D eigenvalue weighted by atomic mass is 16.5. The van der Waals surface area contributed by atoms with Gasteiger partial charge in [0, 0.05) is 13.5 Å². The van der Waals surface area contributed by atoms with Gasteiger partial charge < -0.3 is 25.3 Å². The molecule has 2 aromatic rings. The molecule has 2 aromatic heterocycles. The molecule has 0 aromatic carbocycles. The maximum Gasteiger partial charge on any atom is 0.321 e. The van der Waals surface area contributed by atoms with Crippen molar-refractivity contribution in [3.05, 3.63) is 35.0 Å². The van der Waals surface area contributed by atoms with E-state index < -0.39 is 0 Å². The van der Waals surface area contributed by atoms with Crippen LogP contribution in [0.1, 0.15) is 68.6 Å². The Kier molecular flexibility index (Phi) is 7.14. The summed E-state index contributed by atoms with van der Waals surface area (Å²) < 4.78 is 11.5. The number of nitrogens with zero attached hydrogens (tertiary/aromatic N) is 4. The van der Waals surface area contributed by atoms with E-state index in [4.69, 9.17) is 20.8 Å². The first-order valence-electron chi connectivity index (χ1n) is 11.7. The van der Waals surface area contributed by atoms with E-state index in [9.17, 15) is 0 Å². The highest BCUT2D eigenvalue weighted by Gasteiger charge is 2.21. The van der Waals surface area contributed by atoms with Crippen LogP contribution in [0.5, 0.6) is 5.75 Å². The molecule has 9 nitrogen and oxygen atoms in total. The summed E-state index contributed by atoms with van der Waals surface area (Å²) in [6.07, 6.45) is 10.9. The summed E-state index contributed by atoms with van der Waals surface area (Å²) in [5.41, 5.74) is 9.10. The first-order valence-corrected chi connectivity index (χ1v) is 11.7. The predicted molar refractivity (Wildman–Crippen MR) is 123 cm³/mol. The molecule has 32 heavy (non-hydrogen) atoms. The number of hydrazine groups is 1. The third-order valence-corrected chi connectivity index (χ3v) is 6.47. The van der Waals surface area contributed by atoms with Crippen LogP contribution in [-0.4, -0.2) is 39.8 Å². The summed E-state index contributed by atoms with van der Waals surface area (Å²) >= 11 is 0. The van der Waals surface area contributed by atoms with E-state index in [2.05, 4.69) is 20.4 Å². The van der Waals surface area contributed by atoms with Gasteiger partial charge in [-0.2, -0.15) is 4.98 Å². The molecule has 2 fully saturated rings. The van der Waals surface area contributed by atoms with Crippen LogP contribution >= 0.6 is 0 Å². The van der Waals surface area contributed by atoms with Gasteiger partial charge in [-0.15, -0.1) is 0 Å². The Morgan fingerprint density at radius 2 is 1.94 bits per heavy atom. The molecule has 0 amide bonds. The molecule has 9 heteroatoms. The first kappa shape index (κ1) is 22.4. The predicted octanol–water partition coefficient (Wildman–Crippen LogP) is 3.37. The minimum atomic E-state index is 0.279. The monoisotopic (exact) mass is 441 g/mol. The zero-order chi connectivity index (χ0) is 22.5. The summed E-state index contributed by atoms with van der Waals surface area (Å²) in [4.78, 5) is 9.11. The summed E-state index contributed by atoms with van der Waals surface area (Å²) in [7, 11) is 1.74. The van der Waals surface area contributed by atoms with Crippen molar-refractivity contribution in [3.8, 4) is 5.75 Å². The van der Waals surface area contributed by atoms with Gasteiger partial charge in [0.05, 0.1) is 35.4 Å². The number of anilines is 1. The average Bonchev–Trinajstić information content (AvgIpc) is 3.20. The molecular weight excluding hydrogens is 406 g/mol. The van der Waals surface area contributed by atoms with Crippen molar-refractivity contribution >= 4 is 11.7 Å². The molecule has 2 aliphatic carbocycles. The lowest BCUT2D eigenvalue weighted by Crippen LogP contribution is -2.32. The maximum atomic E-state index is 6.45. The van der Waals surface area contributed by atoms with Gasteiger partial charge in [-0.1, -0.05) is 30.8 Å². The lowest BCUT2D eigenvalue weighted by molar-refractivity contribution is 0.153. The van der Waals surface area contributed by atoms with E-state index >= 15 is 0 Å². The fourth-order valence-corrected chi connectivity index (χ4v) is 4.27. The number of hydrogen-bond acceptors (Lipinski definition) is 9. The molecule has 4 rings (SSSR count). The van der Waals surface area contributed by atoms with Crippen molar-refractivity contribution in [2.24, 2.45) is 17.5 Å². The minimum absolute atomic E-state index is 0.279.